The van der Waals surface area contributed by atoms with Crippen LogP contribution in [0.25, 0.3) is 10.8 Å². The van der Waals surface area contributed by atoms with Crippen molar-refractivity contribution in [3.63, 3.8) is 0 Å². The van der Waals surface area contributed by atoms with Gasteiger partial charge in [0.05, 0.1) is 23.9 Å². The monoisotopic (exact) mass is 514 g/mol. The van der Waals surface area contributed by atoms with Crippen molar-refractivity contribution in [1.29, 1.82) is 0 Å². The Kier molecular flexibility index (Phi) is 6.10. The van der Waals surface area contributed by atoms with Gasteiger partial charge in [-0.1, -0.05) is 19.1 Å². The van der Waals surface area contributed by atoms with Gasteiger partial charge in [0.15, 0.2) is 0 Å². The summed E-state index contributed by atoms with van der Waals surface area (Å²) in [5, 5.41) is 24.0. The summed E-state index contributed by atoms with van der Waals surface area (Å²) < 4.78 is 1.93. The Hall–Kier alpha value is -3.86. The van der Waals surface area contributed by atoms with E-state index >= 15 is 0 Å². The average Bonchev–Trinajstić information content (AvgIpc) is 3.42. The highest BCUT2D eigenvalue weighted by Crippen LogP contribution is 2.39. The maximum absolute atomic E-state index is 10.3. The van der Waals surface area contributed by atoms with Gasteiger partial charge in [0, 0.05) is 49.8 Å². The lowest BCUT2D eigenvalue weighted by Crippen LogP contribution is -2.56. The van der Waals surface area contributed by atoms with Crippen LogP contribution < -0.4 is 15.1 Å². The summed E-state index contributed by atoms with van der Waals surface area (Å²) in [5.41, 5.74) is 0.563. The van der Waals surface area contributed by atoms with Crippen LogP contribution in [0.2, 0.25) is 0 Å². The van der Waals surface area contributed by atoms with E-state index < -0.39 is 5.60 Å². The van der Waals surface area contributed by atoms with Crippen molar-refractivity contribution in [3.8, 4) is 0 Å². The van der Waals surface area contributed by atoms with Gasteiger partial charge in [-0.25, -0.2) is 19.6 Å². The van der Waals surface area contributed by atoms with Gasteiger partial charge in [0.25, 0.3) is 0 Å². The number of pyridine rings is 2. The zero-order valence-corrected chi connectivity index (χ0v) is 22.3. The molecule has 0 saturated carbocycles. The van der Waals surface area contributed by atoms with Crippen molar-refractivity contribution in [2.24, 2.45) is 0 Å². The highest BCUT2D eigenvalue weighted by atomic mass is 16.3. The van der Waals surface area contributed by atoms with Crippen LogP contribution >= 0.6 is 0 Å². The van der Waals surface area contributed by atoms with Crippen molar-refractivity contribution in [2.45, 2.75) is 64.1 Å². The summed E-state index contributed by atoms with van der Waals surface area (Å²) in [5.74, 6) is 3.33. The quantitative estimate of drug-likeness (QED) is 0.394. The van der Waals surface area contributed by atoms with Crippen molar-refractivity contribution in [2.75, 3.05) is 34.8 Å². The maximum Gasteiger partial charge on any atom is 0.227 e. The molecular formula is C27H34N10O. The molecule has 4 aromatic heterocycles. The molecule has 2 aliphatic heterocycles. The second-order valence-corrected chi connectivity index (χ2v) is 11.0. The van der Waals surface area contributed by atoms with Crippen LogP contribution in [-0.2, 0) is 0 Å². The zero-order valence-electron chi connectivity index (χ0n) is 22.3. The van der Waals surface area contributed by atoms with Crippen molar-refractivity contribution in [3.05, 3.63) is 48.7 Å². The fourth-order valence-corrected chi connectivity index (χ4v) is 5.36. The Labute approximate surface area is 221 Å². The fraction of sp³-hybridized carbons (Fsp3) is 0.481. The van der Waals surface area contributed by atoms with E-state index in [0.29, 0.717) is 30.5 Å². The first-order chi connectivity index (χ1) is 18.3. The second kappa shape index (κ2) is 9.46. The zero-order chi connectivity index (χ0) is 26.4. The first-order valence-corrected chi connectivity index (χ1v) is 13.3. The van der Waals surface area contributed by atoms with Crippen LogP contribution in [0.5, 0.6) is 0 Å². The van der Waals surface area contributed by atoms with Crippen LogP contribution in [0.3, 0.4) is 0 Å². The Morgan fingerprint density at radius 1 is 1.05 bits per heavy atom. The molecule has 0 unspecified atom stereocenters. The summed E-state index contributed by atoms with van der Waals surface area (Å²) in [6.45, 7) is 10.7. The van der Waals surface area contributed by atoms with Crippen molar-refractivity contribution >= 4 is 34.2 Å². The van der Waals surface area contributed by atoms with Crippen LogP contribution in [0.1, 0.15) is 58.1 Å². The molecule has 38 heavy (non-hydrogen) atoms. The molecular weight excluding hydrogens is 480 g/mol. The number of nitrogens with one attached hydrogen (secondary N) is 1. The molecule has 0 radical (unpaired) electrons. The Bertz CT molecular complexity index is 1430. The van der Waals surface area contributed by atoms with Crippen molar-refractivity contribution < 1.29 is 5.11 Å². The number of hydrogen-bond donors (Lipinski definition) is 2. The summed E-state index contributed by atoms with van der Waals surface area (Å²) in [6.07, 6.45) is 10.7. The van der Waals surface area contributed by atoms with E-state index in [-0.39, 0.29) is 12.1 Å². The Morgan fingerprint density at radius 3 is 2.58 bits per heavy atom. The molecule has 0 aromatic carbocycles. The maximum atomic E-state index is 10.3. The predicted octanol–water partition coefficient (Wildman–Crippen LogP) is 3.68. The van der Waals surface area contributed by atoms with E-state index in [4.69, 9.17) is 15.0 Å². The molecule has 0 bridgehead atoms. The normalized spacial score (nSPS) is 21.1. The highest BCUT2D eigenvalue weighted by Gasteiger charge is 2.39. The van der Waals surface area contributed by atoms with Gasteiger partial charge in [0.2, 0.25) is 5.95 Å². The van der Waals surface area contributed by atoms with E-state index in [0.717, 1.165) is 42.0 Å². The summed E-state index contributed by atoms with van der Waals surface area (Å²) >= 11 is 0. The molecule has 4 aromatic rings. The molecule has 2 aliphatic rings. The van der Waals surface area contributed by atoms with Gasteiger partial charge < -0.3 is 20.2 Å². The standard InChI is InChI=1S/C27H34N10O/c1-17(2)20-14-30-25(36-16-22(18(36)3)37-12-9-31-34-37)21-15-29-24(13-19(20)21)32-23-5-8-28-26(33-23)35-10-6-27(4,38)7-11-35/h5,8-9,12-15,17-18,22,38H,6-7,10-11,16H2,1-4H3,(H,28,29,32,33)/t18-,22+/m1/s1. The molecule has 2 N–H and O–H groups in total. The minimum atomic E-state index is -0.617. The molecule has 6 heterocycles. The number of piperidine rings is 1. The summed E-state index contributed by atoms with van der Waals surface area (Å²) in [4.78, 5) is 23.3. The molecule has 0 aliphatic carbocycles. The lowest BCUT2D eigenvalue weighted by atomic mass is 9.94. The van der Waals surface area contributed by atoms with Gasteiger partial charge in [-0.3, -0.25) is 0 Å². The molecule has 2 fully saturated rings. The number of anilines is 4. The lowest BCUT2D eigenvalue weighted by Gasteiger charge is -2.47. The van der Waals surface area contributed by atoms with E-state index in [1.165, 1.54) is 5.56 Å². The van der Waals surface area contributed by atoms with Crippen LogP contribution in [0.4, 0.5) is 23.4 Å². The van der Waals surface area contributed by atoms with E-state index in [1.807, 2.05) is 36.3 Å². The number of hydrogen-bond acceptors (Lipinski definition) is 10. The predicted molar refractivity (Wildman–Crippen MR) is 147 cm³/mol. The third-order valence-corrected chi connectivity index (χ3v) is 7.91. The largest absolute Gasteiger partial charge is 0.390 e. The van der Waals surface area contributed by atoms with E-state index in [2.05, 4.69) is 57.3 Å². The Morgan fingerprint density at radius 2 is 1.87 bits per heavy atom. The Balaban J connectivity index is 1.27. The second-order valence-electron chi connectivity index (χ2n) is 11.0. The molecule has 2 saturated heterocycles. The number of fused-ring (bicyclic) bond motifs is 1. The number of aromatic nitrogens is 7. The first kappa shape index (κ1) is 24.5. The molecule has 0 spiro atoms. The smallest absolute Gasteiger partial charge is 0.227 e. The third kappa shape index (κ3) is 4.51. The molecule has 11 heteroatoms. The van der Waals surface area contributed by atoms with Crippen LogP contribution in [-0.4, -0.2) is 71.3 Å². The van der Waals surface area contributed by atoms with Gasteiger partial charge >= 0.3 is 0 Å². The first-order valence-electron chi connectivity index (χ1n) is 13.3. The molecule has 0 amide bonds. The van der Waals surface area contributed by atoms with Crippen molar-refractivity contribution in [1.82, 2.24) is 34.9 Å². The molecule has 198 valence electrons. The topological polar surface area (TPSA) is 121 Å². The van der Waals surface area contributed by atoms with Crippen LogP contribution in [0, 0.1) is 0 Å². The average molecular weight is 515 g/mol. The fourth-order valence-electron chi connectivity index (χ4n) is 5.36. The molecule has 2 atom stereocenters. The number of aliphatic hydroxyl groups is 1. The molecule has 11 nitrogen and oxygen atoms in total. The minimum Gasteiger partial charge on any atom is -0.390 e. The van der Waals surface area contributed by atoms with E-state index in [1.54, 1.807) is 12.4 Å². The summed E-state index contributed by atoms with van der Waals surface area (Å²) in [7, 11) is 0. The van der Waals surface area contributed by atoms with Gasteiger partial charge in [-0.2, -0.15) is 4.98 Å². The minimum absolute atomic E-state index is 0.244. The van der Waals surface area contributed by atoms with Gasteiger partial charge in [-0.15, -0.1) is 5.10 Å². The number of rotatable bonds is 6. The van der Waals surface area contributed by atoms with Crippen LogP contribution in [0.15, 0.2) is 43.1 Å². The SMILES string of the molecule is CC(C)c1cnc(N2C[C@H](n3ccnn3)[C@H]2C)c2cnc(Nc3ccnc(N4CCC(C)(O)CC4)n3)cc12. The summed E-state index contributed by atoms with van der Waals surface area (Å²) in [6, 6.07) is 4.46. The number of nitrogens with zero attached hydrogens (tertiary/aromatic N) is 9. The molecule has 6 rings (SSSR count). The van der Waals surface area contributed by atoms with Gasteiger partial charge in [0.1, 0.15) is 17.5 Å². The lowest BCUT2D eigenvalue weighted by molar-refractivity contribution is 0.0349. The van der Waals surface area contributed by atoms with Gasteiger partial charge in [-0.05, 0) is 55.7 Å². The van der Waals surface area contributed by atoms with E-state index in [9.17, 15) is 5.11 Å². The third-order valence-electron chi connectivity index (χ3n) is 7.91. The highest BCUT2D eigenvalue weighted by molar-refractivity contribution is 5.96.